The van der Waals surface area contributed by atoms with E-state index < -0.39 is 0 Å². The number of furan rings is 1. The lowest BCUT2D eigenvalue weighted by molar-refractivity contribution is 0.112. The predicted octanol–water partition coefficient (Wildman–Crippen LogP) is 3.42. The smallest absolute Gasteiger partial charge is 0.194 e. The molecule has 0 N–H and O–H groups in total. The van der Waals surface area contributed by atoms with Crippen molar-refractivity contribution in [1.82, 2.24) is 0 Å². The van der Waals surface area contributed by atoms with Gasteiger partial charge >= 0.3 is 0 Å². The second-order valence-electron chi connectivity index (χ2n) is 3.18. The highest BCUT2D eigenvalue weighted by Crippen LogP contribution is 2.29. The van der Waals surface area contributed by atoms with Crippen molar-refractivity contribution >= 4 is 17.9 Å². The highest BCUT2D eigenvalue weighted by Gasteiger charge is 2.11. The van der Waals surface area contributed by atoms with Gasteiger partial charge < -0.3 is 9.15 Å². The molecule has 0 bridgehead atoms. The molecule has 0 aliphatic rings. The van der Waals surface area contributed by atoms with Crippen LogP contribution in [0.4, 0.5) is 0 Å². The second-order valence-corrected chi connectivity index (χ2v) is 3.55. The third-order valence-electron chi connectivity index (χ3n) is 2.21. The zero-order valence-electron chi connectivity index (χ0n) is 8.57. The Hall–Kier alpha value is -1.74. The molecular formula is C12H9ClO3. The number of rotatable bonds is 3. The molecule has 0 saturated carbocycles. The quantitative estimate of drug-likeness (QED) is 0.767. The summed E-state index contributed by atoms with van der Waals surface area (Å²) in [6.07, 6.45) is 0.717. The Bertz CT molecular complexity index is 499. The van der Waals surface area contributed by atoms with Crippen molar-refractivity contribution in [2.45, 2.75) is 0 Å². The van der Waals surface area contributed by atoms with Crippen LogP contribution in [-0.2, 0) is 0 Å². The van der Waals surface area contributed by atoms with Crippen molar-refractivity contribution in [3.8, 4) is 17.1 Å². The minimum Gasteiger partial charge on any atom is -0.497 e. The minimum absolute atomic E-state index is 0.202. The summed E-state index contributed by atoms with van der Waals surface area (Å²) in [7, 11) is 1.59. The van der Waals surface area contributed by atoms with Crippen LogP contribution in [-0.4, -0.2) is 13.4 Å². The van der Waals surface area contributed by atoms with E-state index >= 15 is 0 Å². The van der Waals surface area contributed by atoms with Crippen LogP contribution < -0.4 is 4.74 Å². The third kappa shape index (κ3) is 1.95. The highest BCUT2D eigenvalue weighted by molar-refractivity contribution is 6.29. The summed E-state index contributed by atoms with van der Waals surface area (Å²) in [6, 6.07) is 8.69. The number of methoxy groups -OCH3 is 1. The number of carbonyl (C=O) groups excluding carboxylic acids is 1. The Morgan fingerprint density at radius 3 is 2.56 bits per heavy atom. The third-order valence-corrected chi connectivity index (χ3v) is 2.40. The molecule has 4 heteroatoms. The predicted molar refractivity (Wildman–Crippen MR) is 61.1 cm³/mol. The molecule has 0 unspecified atom stereocenters. The number of carbonyl (C=O) groups is 1. The molecule has 3 nitrogen and oxygen atoms in total. The summed E-state index contributed by atoms with van der Waals surface area (Å²) in [5.41, 5.74) is 1.23. The van der Waals surface area contributed by atoms with E-state index in [1.165, 1.54) is 6.07 Å². The number of hydrogen-bond acceptors (Lipinski definition) is 3. The molecule has 0 radical (unpaired) electrons. The van der Waals surface area contributed by atoms with Gasteiger partial charge in [-0.25, -0.2) is 0 Å². The van der Waals surface area contributed by atoms with Crippen molar-refractivity contribution in [2.24, 2.45) is 0 Å². The summed E-state index contributed by atoms with van der Waals surface area (Å²) in [5.74, 6) is 1.22. The van der Waals surface area contributed by atoms with E-state index in [0.29, 0.717) is 11.3 Å². The topological polar surface area (TPSA) is 39.4 Å². The van der Waals surface area contributed by atoms with Gasteiger partial charge in [-0.3, -0.25) is 4.79 Å². The molecule has 82 valence electrons. The first-order chi connectivity index (χ1) is 7.74. The number of aldehydes is 1. The normalized spacial score (nSPS) is 10.1. The van der Waals surface area contributed by atoms with E-state index in [-0.39, 0.29) is 5.22 Å². The molecular weight excluding hydrogens is 228 g/mol. The van der Waals surface area contributed by atoms with Gasteiger partial charge in [-0.05, 0) is 35.9 Å². The fourth-order valence-corrected chi connectivity index (χ4v) is 1.62. The maximum absolute atomic E-state index is 10.8. The first-order valence-corrected chi connectivity index (χ1v) is 5.01. The van der Waals surface area contributed by atoms with Gasteiger partial charge in [-0.2, -0.15) is 0 Å². The van der Waals surface area contributed by atoms with E-state index in [1.54, 1.807) is 31.4 Å². The Kier molecular flexibility index (Phi) is 2.97. The van der Waals surface area contributed by atoms with Gasteiger partial charge in [-0.1, -0.05) is 0 Å². The van der Waals surface area contributed by atoms with Crippen LogP contribution in [0.2, 0.25) is 5.22 Å². The summed E-state index contributed by atoms with van der Waals surface area (Å²) in [6.45, 7) is 0. The SMILES string of the molecule is COc1ccc(-c2oc(Cl)cc2C=O)cc1. The fraction of sp³-hybridized carbons (Fsp3) is 0.0833. The van der Waals surface area contributed by atoms with Gasteiger partial charge in [0.25, 0.3) is 0 Å². The lowest BCUT2D eigenvalue weighted by Crippen LogP contribution is -1.84. The molecule has 0 spiro atoms. The maximum atomic E-state index is 10.8. The summed E-state index contributed by atoms with van der Waals surface area (Å²) in [4.78, 5) is 10.8. The molecule has 0 fully saturated rings. The molecule has 0 aliphatic heterocycles. The molecule has 0 aliphatic carbocycles. The molecule has 0 amide bonds. The van der Waals surface area contributed by atoms with Crippen molar-refractivity contribution in [2.75, 3.05) is 7.11 Å². The summed E-state index contributed by atoms with van der Waals surface area (Å²) in [5, 5.41) is 0.202. The van der Waals surface area contributed by atoms with Crippen LogP contribution in [0.5, 0.6) is 5.75 Å². The van der Waals surface area contributed by atoms with Crippen LogP contribution >= 0.6 is 11.6 Å². The number of benzene rings is 1. The van der Waals surface area contributed by atoms with Gasteiger partial charge in [-0.15, -0.1) is 0 Å². The van der Waals surface area contributed by atoms with E-state index in [9.17, 15) is 4.79 Å². The summed E-state index contributed by atoms with van der Waals surface area (Å²) >= 11 is 5.70. The Labute approximate surface area is 97.6 Å². The number of halogens is 1. The zero-order chi connectivity index (χ0) is 11.5. The number of hydrogen-bond donors (Lipinski definition) is 0. The molecule has 1 heterocycles. The van der Waals surface area contributed by atoms with Gasteiger partial charge in [0.2, 0.25) is 0 Å². The lowest BCUT2D eigenvalue weighted by atomic mass is 10.1. The molecule has 1 aromatic carbocycles. The van der Waals surface area contributed by atoms with Crippen LogP contribution in [0.1, 0.15) is 10.4 Å². The van der Waals surface area contributed by atoms with Crippen molar-refractivity contribution < 1.29 is 13.9 Å². The lowest BCUT2D eigenvalue weighted by Gasteiger charge is -2.01. The van der Waals surface area contributed by atoms with Crippen molar-refractivity contribution in [3.05, 3.63) is 41.1 Å². The zero-order valence-corrected chi connectivity index (χ0v) is 9.32. The maximum Gasteiger partial charge on any atom is 0.194 e. The van der Waals surface area contributed by atoms with Crippen LogP contribution in [0.25, 0.3) is 11.3 Å². The Morgan fingerprint density at radius 2 is 2.00 bits per heavy atom. The highest BCUT2D eigenvalue weighted by atomic mass is 35.5. The van der Waals surface area contributed by atoms with Gasteiger partial charge in [0.1, 0.15) is 11.5 Å². The van der Waals surface area contributed by atoms with Crippen LogP contribution in [0.15, 0.2) is 34.7 Å². The molecule has 1 aromatic heterocycles. The van der Waals surface area contributed by atoms with E-state index in [0.717, 1.165) is 17.6 Å². The minimum atomic E-state index is 0.202. The van der Waals surface area contributed by atoms with Crippen molar-refractivity contribution in [3.63, 3.8) is 0 Å². The van der Waals surface area contributed by atoms with Gasteiger partial charge in [0, 0.05) is 11.6 Å². The molecule has 2 rings (SSSR count). The van der Waals surface area contributed by atoms with Crippen LogP contribution in [0, 0.1) is 0 Å². The average Bonchev–Trinajstić information content (AvgIpc) is 2.70. The van der Waals surface area contributed by atoms with Gasteiger partial charge in [0.15, 0.2) is 11.5 Å². The second kappa shape index (κ2) is 4.41. The standard InChI is InChI=1S/C12H9ClO3/c1-15-10-4-2-8(3-5-10)12-9(7-14)6-11(13)16-12/h2-7H,1H3. The number of ether oxygens (including phenoxy) is 1. The van der Waals surface area contributed by atoms with Crippen molar-refractivity contribution in [1.29, 1.82) is 0 Å². The Morgan fingerprint density at radius 1 is 1.31 bits per heavy atom. The molecule has 0 atom stereocenters. The van der Waals surface area contributed by atoms with E-state index in [4.69, 9.17) is 20.8 Å². The van der Waals surface area contributed by atoms with Gasteiger partial charge in [0.05, 0.1) is 12.7 Å². The molecule has 2 aromatic rings. The average molecular weight is 237 g/mol. The molecule has 16 heavy (non-hydrogen) atoms. The first kappa shape index (κ1) is 10.8. The van der Waals surface area contributed by atoms with Crippen LogP contribution in [0.3, 0.4) is 0 Å². The summed E-state index contributed by atoms with van der Waals surface area (Å²) < 4.78 is 10.3. The Balaban J connectivity index is 2.45. The monoisotopic (exact) mass is 236 g/mol. The van der Waals surface area contributed by atoms with E-state index in [1.807, 2.05) is 0 Å². The fourth-order valence-electron chi connectivity index (χ4n) is 1.43. The first-order valence-electron chi connectivity index (χ1n) is 4.63. The largest absolute Gasteiger partial charge is 0.497 e. The van der Waals surface area contributed by atoms with E-state index in [2.05, 4.69) is 0 Å². The molecule has 0 saturated heterocycles.